The molecule has 0 fully saturated rings. The van der Waals surface area contributed by atoms with Crippen molar-refractivity contribution in [1.82, 2.24) is 4.90 Å². The molecule has 1 unspecified atom stereocenters. The molecule has 1 N–H and O–H groups in total. The van der Waals surface area contributed by atoms with Gasteiger partial charge in [-0.15, -0.1) is 11.3 Å². The van der Waals surface area contributed by atoms with E-state index in [0.29, 0.717) is 19.8 Å². The number of halogens is 1. The predicted molar refractivity (Wildman–Crippen MR) is 90.5 cm³/mol. The number of hydrogen-bond donors (Lipinski definition) is 1. The Bertz CT molecular complexity index is 516. The van der Waals surface area contributed by atoms with Crippen molar-refractivity contribution in [2.24, 2.45) is 0 Å². The molecular formula is C16H20BrNO2S. The van der Waals surface area contributed by atoms with Crippen LogP contribution >= 0.6 is 27.3 Å². The van der Waals surface area contributed by atoms with Gasteiger partial charge in [-0.3, -0.25) is 4.90 Å². The van der Waals surface area contributed by atoms with E-state index in [-0.39, 0.29) is 0 Å². The summed E-state index contributed by atoms with van der Waals surface area (Å²) in [7, 11) is 2.00. The van der Waals surface area contributed by atoms with E-state index in [1.54, 1.807) is 11.3 Å². The van der Waals surface area contributed by atoms with Gasteiger partial charge in [0.1, 0.15) is 0 Å². The zero-order chi connectivity index (χ0) is 15.1. The van der Waals surface area contributed by atoms with Crippen molar-refractivity contribution in [2.75, 3.05) is 20.2 Å². The number of likely N-dealkylation sites (N-methyl/N-ethyl adjacent to an activating group) is 1. The number of nitrogens with zero attached hydrogens (tertiary/aromatic N) is 1. The third kappa shape index (κ3) is 6.28. The molecule has 0 aliphatic heterocycles. The normalized spacial score (nSPS) is 12.8. The fourth-order valence-electron chi connectivity index (χ4n) is 2.07. The van der Waals surface area contributed by atoms with Crippen LogP contribution in [-0.4, -0.2) is 36.3 Å². The molecule has 0 aliphatic rings. The van der Waals surface area contributed by atoms with Gasteiger partial charge in [0.15, 0.2) is 0 Å². The first-order valence-corrected chi connectivity index (χ1v) is 8.52. The van der Waals surface area contributed by atoms with Crippen molar-refractivity contribution in [3.8, 4) is 0 Å². The van der Waals surface area contributed by atoms with Gasteiger partial charge >= 0.3 is 0 Å². The highest BCUT2D eigenvalue weighted by molar-refractivity contribution is 9.10. The summed E-state index contributed by atoms with van der Waals surface area (Å²) in [5, 5.41) is 12.0. The Hall–Kier alpha value is -0.720. The van der Waals surface area contributed by atoms with Crippen LogP contribution in [0.15, 0.2) is 46.3 Å². The first-order valence-electron chi connectivity index (χ1n) is 6.84. The van der Waals surface area contributed by atoms with E-state index in [0.717, 1.165) is 11.0 Å². The predicted octanol–water partition coefficient (Wildman–Crippen LogP) is 3.52. The molecule has 3 nitrogen and oxygen atoms in total. The SMILES string of the molecule is CN(Cc1ccc(Br)cc1)CC(O)COCc1cccs1. The summed E-state index contributed by atoms with van der Waals surface area (Å²) in [6, 6.07) is 12.3. The van der Waals surface area contributed by atoms with E-state index in [9.17, 15) is 5.11 Å². The molecule has 0 saturated heterocycles. The van der Waals surface area contributed by atoms with Crippen molar-refractivity contribution in [3.05, 3.63) is 56.7 Å². The molecule has 0 spiro atoms. The van der Waals surface area contributed by atoms with Gasteiger partial charge in [0.05, 0.1) is 19.3 Å². The Labute approximate surface area is 138 Å². The van der Waals surface area contributed by atoms with E-state index in [1.165, 1.54) is 10.4 Å². The summed E-state index contributed by atoms with van der Waals surface area (Å²) < 4.78 is 6.61. The van der Waals surface area contributed by atoms with E-state index < -0.39 is 6.10 Å². The minimum Gasteiger partial charge on any atom is -0.389 e. The van der Waals surface area contributed by atoms with Gasteiger partial charge in [-0.2, -0.15) is 0 Å². The van der Waals surface area contributed by atoms with Crippen LogP contribution in [0.2, 0.25) is 0 Å². The highest BCUT2D eigenvalue weighted by Crippen LogP contribution is 2.12. The summed E-state index contributed by atoms with van der Waals surface area (Å²) in [4.78, 5) is 3.29. The molecule has 21 heavy (non-hydrogen) atoms. The lowest BCUT2D eigenvalue weighted by Crippen LogP contribution is -2.31. The number of thiophene rings is 1. The van der Waals surface area contributed by atoms with Crippen LogP contribution in [0, 0.1) is 0 Å². The molecule has 0 aliphatic carbocycles. The number of hydrogen-bond acceptors (Lipinski definition) is 4. The standard InChI is InChI=1S/C16H20BrNO2S/c1-18(9-13-4-6-14(17)7-5-13)10-15(19)11-20-12-16-3-2-8-21-16/h2-8,15,19H,9-12H2,1H3. The van der Waals surface area contributed by atoms with Gasteiger partial charge < -0.3 is 9.84 Å². The average molecular weight is 370 g/mol. The smallest absolute Gasteiger partial charge is 0.0900 e. The lowest BCUT2D eigenvalue weighted by atomic mass is 10.2. The zero-order valence-corrected chi connectivity index (χ0v) is 14.4. The molecule has 1 atom stereocenters. The van der Waals surface area contributed by atoms with E-state index in [1.807, 2.05) is 36.7 Å². The van der Waals surface area contributed by atoms with Crippen molar-refractivity contribution in [1.29, 1.82) is 0 Å². The molecule has 1 aromatic heterocycles. The van der Waals surface area contributed by atoms with Gasteiger partial charge in [-0.25, -0.2) is 0 Å². The molecular weight excluding hydrogens is 350 g/mol. The van der Waals surface area contributed by atoms with Gasteiger partial charge in [-0.05, 0) is 36.2 Å². The zero-order valence-electron chi connectivity index (χ0n) is 12.0. The fraction of sp³-hybridized carbons (Fsp3) is 0.375. The van der Waals surface area contributed by atoms with Gasteiger partial charge in [0.2, 0.25) is 0 Å². The number of benzene rings is 1. The second-order valence-electron chi connectivity index (χ2n) is 5.07. The molecule has 2 rings (SSSR count). The van der Waals surface area contributed by atoms with Crippen LogP contribution in [-0.2, 0) is 17.9 Å². The van der Waals surface area contributed by atoms with Crippen LogP contribution in [0.3, 0.4) is 0 Å². The van der Waals surface area contributed by atoms with Crippen LogP contribution < -0.4 is 0 Å². The van der Waals surface area contributed by atoms with Crippen LogP contribution in [0.5, 0.6) is 0 Å². The molecule has 0 radical (unpaired) electrons. The molecule has 114 valence electrons. The monoisotopic (exact) mass is 369 g/mol. The first kappa shape index (κ1) is 16.6. The molecule has 2 aromatic rings. The summed E-state index contributed by atoms with van der Waals surface area (Å²) >= 11 is 5.10. The lowest BCUT2D eigenvalue weighted by molar-refractivity contribution is 0.0135. The molecule has 0 saturated carbocycles. The number of ether oxygens (including phenoxy) is 1. The average Bonchev–Trinajstić information content (AvgIpc) is 2.94. The Kier molecular flexibility index (Phi) is 6.86. The van der Waals surface area contributed by atoms with Gasteiger partial charge in [-0.1, -0.05) is 34.1 Å². The topological polar surface area (TPSA) is 32.7 Å². The summed E-state index contributed by atoms with van der Waals surface area (Å²) in [5.41, 5.74) is 1.23. The van der Waals surface area contributed by atoms with Crippen LogP contribution in [0.1, 0.15) is 10.4 Å². The van der Waals surface area contributed by atoms with E-state index in [2.05, 4.69) is 33.0 Å². The van der Waals surface area contributed by atoms with E-state index >= 15 is 0 Å². The Morgan fingerprint density at radius 1 is 1.29 bits per heavy atom. The largest absolute Gasteiger partial charge is 0.389 e. The number of aliphatic hydroxyl groups excluding tert-OH is 1. The quantitative estimate of drug-likeness (QED) is 0.772. The Balaban J connectivity index is 1.66. The highest BCUT2D eigenvalue weighted by atomic mass is 79.9. The second-order valence-corrected chi connectivity index (χ2v) is 7.02. The molecule has 1 aromatic carbocycles. The maximum atomic E-state index is 10.00. The minimum absolute atomic E-state index is 0.364. The van der Waals surface area contributed by atoms with Crippen LogP contribution in [0.25, 0.3) is 0 Å². The molecule has 5 heteroatoms. The Morgan fingerprint density at radius 3 is 2.71 bits per heavy atom. The minimum atomic E-state index is -0.467. The molecule has 0 bridgehead atoms. The Morgan fingerprint density at radius 2 is 2.05 bits per heavy atom. The van der Waals surface area contributed by atoms with Crippen molar-refractivity contribution < 1.29 is 9.84 Å². The van der Waals surface area contributed by atoms with Gasteiger partial charge in [0.25, 0.3) is 0 Å². The summed E-state index contributed by atoms with van der Waals surface area (Å²) in [5.74, 6) is 0. The number of aliphatic hydroxyl groups is 1. The first-order chi connectivity index (χ1) is 10.1. The maximum Gasteiger partial charge on any atom is 0.0900 e. The van der Waals surface area contributed by atoms with Crippen molar-refractivity contribution in [3.63, 3.8) is 0 Å². The third-order valence-electron chi connectivity index (χ3n) is 3.02. The number of rotatable bonds is 8. The second kappa shape index (κ2) is 8.66. The summed E-state index contributed by atoms with van der Waals surface area (Å²) in [6.07, 6.45) is -0.467. The molecule has 1 heterocycles. The third-order valence-corrected chi connectivity index (χ3v) is 4.40. The van der Waals surface area contributed by atoms with Gasteiger partial charge in [0, 0.05) is 22.4 Å². The highest BCUT2D eigenvalue weighted by Gasteiger charge is 2.09. The lowest BCUT2D eigenvalue weighted by Gasteiger charge is -2.20. The fourth-order valence-corrected chi connectivity index (χ4v) is 2.97. The summed E-state index contributed by atoms with van der Waals surface area (Å²) in [6.45, 7) is 2.35. The van der Waals surface area contributed by atoms with Crippen molar-refractivity contribution in [2.45, 2.75) is 19.3 Å². The van der Waals surface area contributed by atoms with E-state index in [4.69, 9.17) is 4.74 Å². The van der Waals surface area contributed by atoms with Crippen LogP contribution in [0.4, 0.5) is 0 Å². The molecule has 0 amide bonds. The van der Waals surface area contributed by atoms with Crippen molar-refractivity contribution >= 4 is 27.3 Å². The maximum absolute atomic E-state index is 10.00.